The number of hydrogen-bond donors (Lipinski definition) is 2. The second kappa shape index (κ2) is 8.26. The van der Waals surface area contributed by atoms with Crippen molar-refractivity contribution in [3.05, 3.63) is 29.8 Å². The molecule has 1 aromatic rings. The van der Waals surface area contributed by atoms with Gasteiger partial charge >= 0.3 is 6.61 Å². The first-order valence-electron chi connectivity index (χ1n) is 6.69. The van der Waals surface area contributed by atoms with Gasteiger partial charge in [-0.05, 0) is 18.9 Å². The number of halogens is 3. The fraction of sp³-hybridized carbons (Fsp3) is 0.500. The van der Waals surface area contributed by atoms with E-state index in [0.717, 1.165) is 0 Å². The van der Waals surface area contributed by atoms with Gasteiger partial charge in [0.15, 0.2) is 0 Å². The molecule has 1 saturated heterocycles. The van der Waals surface area contributed by atoms with Gasteiger partial charge in [0.1, 0.15) is 5.75 Å². The Morgan fingerprint density at radius 3 is 2.64 bits per heavy atom. The Morgan fingerprint density at radius 2 is 2.00 bits per heavy atom. The number of amides is 1. The highest BCUT2D eigenvalue weighted by atomic mass is 35.5. The van der Waals surface area contributed by atoms with E-state index in [4.69, 9.17) is 10.5 Å². The lowest BCUT2D eigenvalue weighted by molar-refractivity contribution is -0.129. The van der Waals surface area contributed by atoms with Crippen LogP contribution in [0.1, 0.15) is 18.4 Å². The van der Waals surface area contributed by atoms with Crippen LogP contribution in [0.5, 0.6) is 5.75 Å². The average molecular weight is 337 g/mol. The molecule has 3 N–H and O–H groups in total. The molecule has 1 heterocycles. The van der Waals surface area contributed by atoms with Gasteiger partial charge in [-0.2, -0.15) is 8.78 Å². The molecular formula is C14H19ClF2N2O3. The first kappa shape index (κ1) is 18.6. The number of rotatable bonds is 5. The number of hydrogen-bond acceptors (Lipinski definition) is 4. The highest BCUT2D eigenvalue weighted by Gasteiger charge is 2.35. The molecule has 124 valence electrons. The molecule has 1 aliphatic rings. The monoisotopic (exact) mass is 336 g/mol. The molecule has 1 fully saturated rings. The van der Waals surface area contributed by atoms with Gasteiger partial charge in [0, 0.05) is 25.3 Å². The topological polar surface area (TPSA) is 73.6 Å². The molecule has 5 nitrogen and oxygen atoms in total. The summed E-state index contributed by atoms with van der Waals surface area (Å²) in [5.74, 6) is -0.261. The van der Waals surface area contributed by atoms with Crippen molar-refractivity contribution >= 4 is 18.3 Å². The summed E-state index contributed by atoms with van der Waals surface area (Å²) >= 11 is 0. The van der Waals surface area contributed by atoms with Gasteiger partial charge in [-0.3, -0.25) is 4.79 Å². The normalized spacial score (nSPS) is 16.7. The Labute approximate surface area is 133 Å². The van der Waals surface area contributed by atoms with Crippen LogP contribution >= 0.6 is 12.4 Å². The molecule has 1 amide bonds. The van der Waals surface area contributed by atoms with E-state index in [-0.39, 0.29) is 30.6 Å². The van der Waals surface area contributed by atoms with Gasteiger partial charge in [0.05, 0.1) is 5.54 Å². The molecule has 0 unspecified atom stereocenters. The number of nitrogens with two attached hydrogens (primary N) is 1. The lowest BCUT2D eigenvalue weighted by Crippen LogP contribution is -2.56. The van der Waals surface area contributed by atoms with E-state index in [1.54, 1.807) is 18.2 Å². The van der Waals surface area contributed by atoms with E-state index in [1.807, 2.05) is 0 Å². The van der Waals surface area contributed by atoms with Crippen LogP contribution in [0.4, 0.5) is 8.78 Å². The van der Waals surface area contributed by atoms with Crippen LogP contribution in [0.15, 0.2) is 24.3 Å². The highest BCUT2D eigenvalue weighted by Crippen LogP contribution is 2.21. The van der Waals surface area contributed by atoms with Gasteiger partial charge in [0.2, 0.25) is 5.91 Å². The summed E-state index contributed by atoms with van der Waals surface area (Å²) in [5, 5.41) is 2.68. The molecule has 0 saturated carbocycles. The Hall–Kier alpha value is -1.44. The van der Waals surface area contributed by atoms with E-state index < -0.39 is 12.2 Å². The zero-order valence-corrected chi connectivity index (χ0v) is 12.7. The smallest absolute Gasteiger partial charge is 0.387 e. The second-order valence-electron chi connectivity index (χ2n) is 4.94. The number of alkyl halides is 2. The Morgan fingerprint density at radius 1 is 1.36 bits per heavy atom. The van der Waals surface area contributed by atoms with Gasteiger partial charge < -0.3 is 20.5 Å². The fourth-order valence-corrected chi connectivity index (χ4v) is 2.18. The van der Waals surface area contributed by atoms with Crippen LogP contribution in [0.25, 0.3) is 0 Å². The van der Waals surface area contributed by atoms with E-state index in [9.17, 15) is 13.6 Å². The number of ether oxygens (including phenoxy) is 2. The predicted octanol–water partition coefficient (Wildman–Crippen LogP) is 1.83. The molecule has 0 atom stereocenters. The molecule has 0 spiro atoms. The summed E-state index contributed by atoms with van der Waals surface area (Å²) in [4.78, 5) is 12.1. The van der Waals surface area contributed by atoms with E-state index >= 15 is 0 Å². The molecule has 1 aromatic carbocycles. The zero-order valence-electron chi connectivity index (χ0n) is 11.9. The van der Waals surface area contributed by atoms with Crippen molar-refractivity contribution in [1.29, 1.82) is 0 Å². The summed E-state index contributed by atoms with van der Waals surface area (Å²) in [6.07, 6.45) is 0.877. The molecule has 0 aliphatic carbocycles. The van der Waals surface area contributed by atoms with E-state index in [2.05, 4.69) is 10.1 Å². The van der Waals surface area contributed by atoms with Crippen LogP contribution in [0.3, 0.4) is 0 Å². The maximum atomic E-state index is 12.3. The maximum Gasteiger partial charge on any atom is 0.387 e. The van der Waals surface area contributed by atoms with Crippen molar-refractivity contribution in [2.24, 2.45) is 5.73 Å². The second-order valence-corrected chi connectivity index (χ2v) is 4.94. The summed E-state index contributed by atoms with van der Waals surface area (Å²) < 4.78 is 34.2. The lowest BCUT2D eigenvalue weighted by Gasteiger charge is -2.31. The third kappa shape index (κ3) is 4.79. The summed E-state index contributed by atoms with van der Waals surface area (Å²) in [5.41, 5.74) is 5.55. The molecule has 22 heavy (non-hydrogen) atoms. The van der Waals surface area contributed by atoms with Gasteiger partial charge in [-0.25, -0.2) is 0 Å². The van der Waals surface area contributed by atoms with Crippen LogP contribution < -0.4 is 15.8 Å². The molecule has 2 rings (SSSR count). The molecule has 0 aromatic heterocycles. The van der Waals surface area contributed by atoms with Crippen LogP contribution in [-0.2, 0) is 16.1 Å². The standard InChI is InChI=1S/C14H18F2N2O3.ClH/c15-13(16)21-11-4-2-1-3-10(11)9-18-12(19)14(17)5-7-20-8-6-14;/h1-4,13H,5-9,17H2,(H,18,19);1H. The van der Waals surface area contributed by atoms with Crippen LogP contribution in [0, 0.1) is 0 Å². The predicted molar refractivity (Wildman–Crippen MR) is 79.1 cm³/mol. The molecule has 0 bridgehead atoms. The van der Waals surface area contributed by atoms with Crippen LogP contribution in [0.2, 0.25) is 0 Å². The highest BCUT2D eigenvalue weighted by molar-refractivity contribution is 5.86. The fourth-order valence-electron chi connectivity index (χ4n) is 2.18. The molecule has 8 heteroatoms. The van der Waals surface area contributed by atoms with Crippen molar-refractivity contribution in [3.8, 4) is 5.75 Å². The summed E-state index contributed by atoms with van der Waals surface area (Å²) in [6, 6.07) is 6.32. The lowest BCUT2D eigenvalue weighted by atomic mass is 9.90. The summed E-state index contributed by atoms with van der Waals surface area (Å²) in [6.45, 7) is -1.94. The molecule has 1 aliphatic heterocycles. The number of nitrogens with one attached hydrogen (secondary N) is 1. The number of para-hydroxylation sites is 1. The first-order chi connectivity index (χ1) is 10.0. The molecular weight excluding hydrogens is 318 g/mol. The Balaban J connectivity index is 0.00000242. The minimum atomic E-state index is -2.90. The molecule has 0 radical (unpaired) electrons. The van der Waals surface area contributed by atoms with Gasteiger partial charge in [0.25, 0.3) is 0 Å². The van der Waals surface area contributed by atoms with E-state index in [0.29, 0.717) is 31.6 Å². The summed E-state index contributed by atoms with van der Waals surface area (Å²) in [7, 11) is 0. The largest absolute Gasteiger partial charge is 0.434 e. The van der Waals surface area contributed by atoms with Gasteiger partial charge in [-0.1, -0.05) is 18.2 Å². The number of carbonyl (C=O) groups is 1. The Kier molecular flexibility index (Phi) is 6.99. The Bertz CT molecular complexity index is 497. The third-order valence-electron chi connectivity index (χ3n) is 3.47. The maximum absolute atomic E-state index is 12.3. The average Bonchev–Trinajstić information content (AvgIpc) is 2.46. The zero-order chi connectivity index (χ0) is 15.3. The van der Waals surface area contributed by atoms with Crippen molar-refractivity contribution in [3.63, 3.8) is 0 Å². The SMILES string of the molecule is Cl.NC1(C(=O)NCc2ccccc2OC(F)F)CCOCC1. The van der Waals surface area contributed by atoms with Crippen LogP contribution in [-0.4, -0.2) is 31.3 Å². The number of carbonyl (C=O) groups excluding carboxylic acids is 1. The van der Waals surface area contributed by atoms with Crippen molar-refractivity contribution < 1.29 is 23.0 Å². The minimum absolute atomic E-state index is 0. The van der Waals surface area contributed by atoms with Crippen molar-refractivity contribution in [1.82, 2.24) is 5.32 Å². The van der Waals surface area contributed by atoms with Crippen molar-refractivity contribution in [2.75, 3.05) is 13.2 Å². The first-order valence-corrected chi connectivity index (χ1v) is 6.69. The minimum Gasteiger partial charge on any atom is -0.434 e. The van der Waals surface area contributed by atoms with Crippen molar-refractivity contribution in [2.45, 2.75) is 31.5 Å². The van der Waals surface area contributed by atoms with E-state index in [1.165, 1.54) is 6.07 Å². The quantitative estimate of drug-likeness (QED) is 0.860. The number of benzene rings is 1. The third-order valence-corrected chi connectivity index (χ3v) is 3.47. The van der Waals surface area contributed by atoms with Gasteiger partial charge in [-0.15, -0.1) is 12.4 Å².